The number of sulfonamides is 1. The molecule has 0 aliphatic carbocycles. The predicted molar refractivity (Wildman–Crippen MR) is 105 cm³/mol. The van der Waals surface area contributed by atoms with Crippen LogP contribution >= 0.6 is 23.2 Å². The van der Waals surface area contributed by atoms with Crippen molar-refractivity contribution >= 4 is 44.8 Å². The Hall–Kier alpha value is -1.71. The van der Waals surface area contributed by atoms with E-state index in [-0.39, 0.29) is 28.3 Å². The van der Waals surface area contributed by atoms with Gasteiger partial charge in [0.25, 0.3) is 5.91 Å². The summed E-state index contributed by atoms with van der Waals surface area (Å²) in [4.78, 5) is 12.2. The zero-order valence-corrected chi connectivity index (χ0v) is 16.9. The molecule has 1 saturated heterocycles. The van der Waals surface area contributed by atoms with Gasteiger partial charge in [-0.1, -0.05) is 23.2 Å². The van der Waals surface area contributed by atoms with Crippen LogP contribution in [0.5, 0.6) is 0 Å². The Labute approximate surface area is 172 Å². The van der Waals surface area contributed by atoms with E-state index < -0.39 is 27.3 Å². The van der Waals surface area contributed by atoms with Gasteiger partial charge in [-0.05, 0) is 49.2 Å². The van der Waals surface area contributed by atoms with Crippen LogP contribution in [-0.4, -0.2) is 33.6 Å². The summed E-state index contributed by atoms with van der Waals surface area (Å²) in [7, 11) is -3.93. The number of benzene rings is 2. The van der Waals surface area contributed by atoms with Crippen LogP contribution in [0.25, 0.3) is 0 Å². The van der Waals surface area contributed by atoms with Gasteiger partial charge in [0.2, 0.25) is 10.0 Å². The third-order valence-corrected chi connectivity index (χ3v) is 6.18. The first-order valence-corrected chi connectivity index (χ1v) is 10.7. The highest BCUT2D eigenvalue weighted by Gasteiger charge is 2.23. The number of ether oxygens (including phenoxy) is 1. The number of carbonyl (C=O) groups excluding carboxylic acids is 1. The van der Waals surface area contributed by atoms with Crippen LogP contribution in [-0.2, 0) is 14.8 Å². The number of anilines is 1. The summed E-state index contributed by atoms with van der Waals surface area (Å²) in [6.45, 7) is 0.707. The van der Waals surface area contributed by atoms with Crippen molar-refractivity contribution in [1.82, 2.24) is 4.72 Å². The van der Waals surface area contributed by atoms with Gasteiger partial charge in [0.1, 0.15) is 5.82 Å². The Kier molecular flexibility index (Phi) is 6.57. The van der Waals surface area contributed by atoms with Crippen molar-refractivity contribution in [2.24, 2.45) is 0 Å². The normalized spacial score (nSPS) is 16.9. The first kappa shape index (κ1) is 21.0. The molecule has 2 N–H and O–H groups in total. The highest BCUT2D eigenvalue weighted by atomic mass is 35.5. The van der Waals surface area contributed by atoms with E-state index in [0.717, 1.165) is 31.0 Å². The monoisotopic (exact) mass is 446 g/mol. The molecule has 0 radical (unpaired) electrons. The van der Waals surface area contributed by atoms with Gasteiger partial charge >= 0.3 is 0 Å². The molecule has 2 aromatic rings. The smallest absolute Gasteiger partial charge is 0.258 e. The molecule has 10 heteroatoms. The van der Waals surface area contributed by atoms with Crippen molar-refractivity contribution in [3.8, 4) is 0 Å². The molecule has 6 nitrogen and oxygen atoms in total. The molecular formula is C18H17Cl2FN2O4S. The maximum absolute atomic E-state index is 14.2. The highest BCUT2D eigenvalue weighted by Crippen LogP contribution is 2.26. The van der Waals surface area contributed by atoms with E-state index in [1.807, 2.05) is 0 Å². The molecule has 3 rings (SSSR count). The van der Waals surface area contributed by atoms with Crippen molar-refractivity contribution in [2.75, 3.05) is 18.5 Å². The largest absolute Gasteiger partial charge is 0.377 e. The van der Waals surface area contributed by atoms with Gasteiger partial charge in [0.15, 0.2) is 0 Å². The molecule has 1 aliphatic rings. The van der Waals surface area contributed by atoms with Crippen molar-refractivity contribution in [1.29, 1.82) is 0 Å². The number of nitrogens with one attached hydrogen (secondary N) is 2. The summed E-state index contributed by atoms with van der Waals surface area (Å²) in [5.41, 5.74) is -0.251. The summed E-state index contributed by atoms with van der Waals surface area (Å²) < 4.78 is 46.9. The maximum Gasteiger partial charge on any atom is 0.258 e. The Balaban J connectivity index is 1.80. The average molecular weight is 447 g/mol. The second kappa shape index (κ2) is 8.75. The van der Waals surface area contributed by atoms with Crippen LogP contribution in [0, 0.1) is 5.82 Å². The summed E-state index contributed by atoms with van der Waals surface area (Å²) >= 11 is 11.9. The molecule has 1 amide bonds. The van der Waals surface area contributed by atoms with Crippen molar-refractivity contribution in [3.05, 3.63) is 57.8 Å². The first-order valence-electron chi connectivity index (χ1n) is 8.43. The van der Waals surface area contributed by atoms with Gasteiger partial charge in [-0.2, -0.15) is 0 Å². The van der Waals surface area contributed by atoms with E-state index in [9.17, 15) is 17.6 Å². The van der Waals surface area contributed by atoms with Crippen LogP contribution < -0.4 is 10.0 Å². The van der Waals surface area contributed by atoms with Gasteiger partial charge in [0, 0.05) is 18.2 Å². The molecule has 1 heterocycles. The van der Waals surface area contributed by atoms with E-state index in [4.69, 9.17) is 27.9 Å². The molecule has 1 fully saturated rings. The van der Waals surface area contributed by atoms with E-state index in [2.05, 4.69) is 10.0 Å². The minimum atomic E-state index is -3.93. The number of halogens is 3. The predicted octanol–water partition coefficient (Wildman–Crippen LogP) is 3.84. The van der Waals surface area contributed by atoms with Crippen LogP contribution in [0.4, 0.5) is 10.1 Å². The summed E-state index contributed by atoms with van der Waals surface area (Å²) in [6, 6.07) is 7.41. The number of hydrogen-bond acceptors (Lipinski definition) is 4. The van der Waals surface area contributed by atoms with Gasteiger partial charge in [0.05, 0.1) is 27.3 Å². The van der Waals surface area contributed by atoms with Crippen molar-refractivity contribution < 1.29 is 22.3 Å². The van der Waals surface area contributed by atoms with E-state index in [1.54, 1.807) is 0 Å². The molecular weight excluding hydrogens is 430 g/mol. The lowest BCUT2D eigenvalue weighted by Crippen LogP contribution is -2.32. The van der Waals surface area contributed by atoms with Crippen LogP contribution in [0.15, 0.2) is 41.3 Å². The Morgan fingerprint density at radius 2 is 2.00 bits per heavy atom. The number of rotatable bonds is 6. The van der Waals surface area contributed by atoms with E-state index in [1.165, 1.54) is 18.2 Å². The molecule has 0 bridgehead atoms. The molecule has 2 aromatic carbocycles. The topological polar surface area (TPSA) is 84.5 Å². The second-order valence-electron chi connectivity index (χ2n) is 6.21. The van der Waals surface area contributed by atoms with Crippen molar-refractivity contribution in [2.45, 2.75) is 23.8 Å². The van der Waals surface area contributed by atoms with Crippen LogP contribution in [0.1, 0.15) is 23.2 Å². The molecule has 1 atom stereocenters. The van der Waals surface area contributed by atoms with Gasteiger partial charge in [-0.3, -0.25) is 4.79 Å². The molecule has 1 unspecified atom stereocenters. The Bertz CT molecular complexity index is 995. The number of amides is 1. The SMILES string of the molecule is O=C(Nc1cc(Cl)ccc1Cl)c1cc(S(=O)(=O)NCC2CCCO2)ccc1F. The lowest BCUT2D eigenvalue weighted by Gasteiger charge is -2.13. The first-order chi connectivity index (χ1) is 13.3. The third-order valence-electron chi connectivity index (χ3n) is 4.19. The van der Waals surface area contributed by atoms with Gasteiger partial charge in [-0.15, -0.1) is 0 Å². The van der Waals surface area contributed by atoms with Gasteiger partial charge < -0.3 is 10.1 Å². The lowest BCUT2D eigenvalue weighted by molar-refractivity contribution is 0.102. The number of carbonyl (C=O) groups is 1. The molecule has 28 heavy (non-hydrogen) atoms. The molecule has 0 spiro atoms. The average Bonchev–Trinajstić information content (AvgIpc) is 3.17. The Morgan fingerprint density at radius 1 is 1.21 bits per heavy atom. The highest BCUT2D eigenvalue weighted by molar-refractivity contribution is 7.89. The minimum absolute atomic E-state index is 0.110. The summed E-state index contributed by atoms with van der Waals surface area (Å²) in [5.74, 6) is -1.72. The number of hydrogen-bond donors (Lipinski definition) is 2. The molecule has 0 saturated carbocycles. The maximum atomic E-state index is 14.2. The fraction of sp³-hybridized carbons (Fsp3) is 0.278. The molecule has 1 aliphatic heterocycles. The van der Waals surface area contributed by atoms with E-state index >= 15 is 0 Å². The third kappa shape index (κ3) is 5.01. The fourth-order valence-corrected chi connectivity index (χ4v) is 4.15. The molecule has 0 aromatic heterocycles. The fourth-order valence-electron chi connectivity index (χ4n) is 2.72. The zero-order chi connectivity index (χ0) is 20.3. The quantitative estimate of drug-likeness (QED) is 0.705. The van der Waals surface area contributed by atoms with E-state index in [0.29, 0.717) is 11.6 Å². The summed E-state index contributed by atoms with van der Waals surface area (Å²) in [6.07, 6.45) is 1.45. The molecule has 150 valence electrons. The minimum Gasteiger partial charge on any atom is -0.377 e. The standard InChI is InChI=1S/C18H17Cl2FN2O4S/c19-11-3-5-15(20)17(8-11)23-18(24)14-9-13(4-6-16(14)21)28(25,26)22-10-12-2-1-7-27-12/h3-6,8-9,12,22H,1-2,7,10H2,(H,23,24). The van der Waals surface area contributed by atoms with Crippen LogP contribution in [0.3, 0.4) is 0 Å². The lowest BCUT2D eigenvalue weighted by atomic mass is 10.2. The second-order valence-corrected chi connectivity index (χ2v) is 8.82. The zero-order valence-electron chi connectivity index (χ0n) is 14.5. The Morgan fingerprint density at radius 3 is 2.71 bits per heavy atom. The van der Waals surface area contributed by atoms with Crippen molar-refractivity contribution in [3.63, 3.8) is 0 Å². The summed E-state index contributed by atoms with van der Waals surface area (Å²) in [5, 5.41) is 2.97. The van der Waals surface area contributed by atoms with Crippen LogP contribution in [0.2, 0.25) is 10.0 Å². The van der Waals surface area contributed by atoms with Gasteiger partial charge in [-0.25, -0.2) is 17.5 Å².